The van der Waals surface area contributed by atoms with E-state index in [2.05, 4.69) is 58.2 Å². The van der Waals surface area contributed by atoms with Gasteiger partial charge in [-0.2, -0.15) is 0 Å². The molecule has 0 fully saturated rings. The van der Waals surface area contributed by atoms with Crippen molar-refractivity contribution in [1.29, 1.82) is 0 Å². The van der Waals surface area contributed by atoms with Crippen LogP contribution in [0.4, 0.5) is 0 Å². The van der Waals surface area contributed by atoms with Crippen LogP contribution in [0.1, 0.15) is 11.4 Å². The Labute approximate surface area is 105 Å². The molecule has 0 amide bonds. The largest absolute Gasteiger partial charge is 0.318 e. The third kappa shape index (κ3) is 1.69. The summed E-state index contributed by atoms with van der Waals surface area (Å²) in [7, 11) is 0. The first-order valence-corrected chi connectivity index (χ1v) is 5.74. The highest BCUT2D eigenvalue weighted by Crippen LogP contribution is 2.18. The second kappa shape index (κ2) is 4.10. The Balaban J connectivity index is 2.12. The van der Waals surface area contributed by atoms with Crippen LogP contribution in [0.15, 0.2) is 42.7 Å². The molecule has 5 heteroatoms. The normalized spacial score (nSPS) is 10.8. The Morgan fingerprint density at radius 3 is 2.33 bits per heavy atom. The fraction of sp³-hybridized carbons (Fsp3) is 0.154. The number of aryl methyl sites for hydroxylation is 2. The molecule has 0 saturated heterocycles. The highest BCUT2D eigenvalue weighted by atomic mass is 15.5. The number of nitrogens with zero attached hydrogens (tertiary/aromatic N) is 5. The SMILES string of the molecule is Cc1ccc(C)n1-c1cccc(-n2cnnn2)c1. The summed E-state index contributed by atoms with van der Waals surface area (Å²) in [6.45, 7) is 4.19. The van der Waals surface area contributed by atoms with Crippen molar-refractivity contribution in [3.05, 3.63) is 54.1 Å². The summed E-state index contributed by atoms with van der Waals surface area (Å²) in [5.74, 6) is 0. The summed E-state index contributed by atoms with van der Waals surface area (Å²) in [4.78, 5) is 0. The Hall–Kier alpha value is -2.43. The maximum Gasteiger partial charge on any atom is 0.143 e. The first kappa shape index (κ1) is 10.7. The molecule has 0 unspecified atom stereocenters. The lowest BCUT2D eigenvalue weighted by Gasteiger charge is -2.10. The van der Waals surface area contributed by atoms with Crippen molar-refractivity contribution in [3.63, 3.8) is 0 Å². The molecule has 18 heavy (non-hydrogen) atoms. The lowest BCUT2D eigenvalue weighted by atomic mass is 10.2. The van der Waals surface area contributed by atoms with Crippen molar-refractivity contribution >= 4 is 0 Å². The number of rotatable bonds is 2. The number of hydrogen-bond donors (Lipinski definition) is 0. The van der Waals surface area contributed by atoms with Gasteiger partial charge < -0.3 is 4.57 Å². The van der Waals surface area contributed by atoms with Crippen LogP contribution in [0.25, 0.3) is 11.4 Å². The van der Waals surface area contributed by atoms with Crippen LogP contribution in [-0.2, 0) is 0 Å². The van der Waals surface area contributed by atoms with Crippen LogP contribution in [0, 0.1) is 13.8 Å². The lowest BCUT2D eigenvalue weighted by Crippen LogP contribution is -2.01. The zero-order valence-corrected chi connectivity index (χ0v) is 10.3. The van der Waals surface area contributed by atoms with E-state index in [1.807, 2.05) is 12.1 Å². The minimum absolute atomic E-state index is 0.949. The summed E-state index contributed by atoms with van der Waals surface area (Å²) < 4.78 is 3.85. The highest BCUT2D eigenvalue weighted by Gasteiger charge is 2.05. The molecular weight excluding hydrogens is 226 g/mol. The van der Waals surface area contributed by atoms with Gasteiger partial charge in [-0.15, -0.1) is 5.10 Å². The molecule has 3 rings (SSSR count). The standard InChI is InChI=1S/C13H13N5/c1-10-6-7-11(2)18(10)13-5-3-4-12(8-13)17-9-14-15-16-17/h3-9H,1-2H3. The maximum absolute atomic E-state index is 3.90. The molecule has 2 heterocycles. The van der Waals surface area contributed by atoms with Gasteiger partial charge in [0, 0.05) is 17.1 Å². The summed E-state index contributed by atoms with van der Waals surface area (Å²) in [5.41, 5.74) is 4.48. The molecule has 3 aromatic rings. The van der Waals surface area contributed by atoms with E-state index in [4.69, 9.17) is 0 Å². The van der Waals surface area contributed by atoms with Crippen LogP contribution in [0.5, 0.6) is 0 Å². The van der Waals surface area contributed by atoms with Gasteiger partial charge in [-0.1, -0.05) is 6.07 Å². The van der Waals surface area contributed by atoms with E-state index in [-0.39, 0.29) is 0 Å². The van der Waals surface area contributed by atoms with Crippen LogP contribution < -0.4 is 0 Å². The monoisotopic (exact) mass is 239 g/mol. The molecule has 0 spiro atoms. The summed E-state index contributed by atoms with van der Waals surface area (Å²) >= 11 is 0. The first-order valence-electron chi connectivity index (χ1n) is 5.74. The van der Waals surface area contributed by atoms with E-state index < -0.39 is 0 Å². The quantitative estimate of drug-likeness (QED) is 0.687. The predicted octanol–water partition coefficient (Wildman–Crippen LogP) is 2.07. The minimum Gasteiger partial charge on any atom is -0.318 e. The average molecular weight is 239 g/mol. The Morgan fingerprint density at radius 2 is 1.67 bits per heavy atom. The van der Waals surface area contributed by atoms with E-state index in [9.17, 15) is 0 Å². The predicted molar refractivity (Wildman–Crippen MR) is 68.0 cm³/mol. The van der Waals surface area contributed by atoms with E-state index in [1.54, 1.807) is 11.0 Å². The van der Waals surface area contributed by atoms with Gasteiger partial charge in [0.1, 0.15) is 6.33 Å². The molecule has 0 aliphatic carbocycles. The number of hydrogen-bond acceptors (Lipinski definition) is 3. The van der Waals surface area contributed by atoms with E-state index in [0.29, 0.717) is 0 Å². The second-order valence-corrected chi connectivity index (χ2v) is 4.23. The number of tetrazole rings is 1. The van der Waals surface area contributed by atoms with E-state index in [1.165, 1.54) is 11.4 Å². The fourth-order valence-electron chi connectivity index (χ4n) is 2.13. The van der Waals surface area contributed by atoms with Gasteiger partial charge in [-0.3, -0.25) is 0 Å². The zero-order valence-electron chi connectivity index (χ0n) is 10.3. The molecule has 1 aromatic carbocycles. The fourth-order valence-corrected chi connectivity index (χ4v) is 2.13. The zero-order chi connectivity index (χ0) is 12.5. The lowest BCUT2D eigenvalue weighted by molar-refractivity contribution is 0.787. The van der Waals surface area contributed by atoms with Crippen molar-refractivity contribution in [2.75, 3.05) is 0 Å². The van der Waals surface area contributed by atoms with E-state index >= 15 is 0 Å². The molecular formula is C13H13N5. The van der Waals surface area contributed by atoms with Gasteiger partial charge in [0.2, 0.25) is 0 Å². The van der Waals surface area contributed by atoms with Gasteiger partial charge in [0.05, 0.1) is 5.69 Å². The summed E-state index contributed by atoms with van der Waals surface area (Å²) in [5, 5.41) is 11.2. The van der Waals surface area contributed by atoms with Gasteiger partial charge in [-0.25, -0.2) is 4.68 Å². The smallest absolute Gasteiger partial charge is 0.143 e. The van der Waals surface area contributed by atoms with Crippen LogP contribution >= 0.6 is 0 Å². The van der Waals surface area contributed by atoms with Gasteiger partial charge >= 0.3 is 0 Å². The van der Waals surface area contributed by atoms with Crippen molar-refractivity contribution in [2.45, 2.75) is 13.8 Å². The van der Waals surface area contributed by atoms with Gasteiger partial charge in [0.25, 0.3) is 0 Å². The second-order valence-electron chi connectivity index (χ2n) is 4.23. The van der Waals surface area contributed by atoms with Crippen LogP contribution in [-0.4, -0.2) is 24.8 Å². The summed E-state index contributed by atoms with van der Waals surface area (Å²) in [6, 6.07) is 12.3. The highest BCUT2D eigenvalue weighted by molar-refractivity contribution is 5.45. The van der Waals surface area contributed by atoms with Gasteiger partial charge in [-0.05, 0) is 54.6 Å². The molecule has 0 atom stereocenters. The Bertz CT molecular complexity index is 647. The summed E-state index contributed by atoms with van der Waals surface area (Å²) in [6.07, 6.45) is 1.59. The molecule has 0 radical (unpaired) electrons. The number of aromatic nitrogens is 5. The molecule has 0 aliphatic rings. The van der Waals surface area contributed by atoms with E-state index in [0.717, 1.165) is 11.4 Å². The molecule has 5 nitrogen and oxygen atoms in total. The topological polar surface area (TPSA) is 48.5 Å². The van der Waals surface area contributed by atoms with Crippen LogP contribution in [0.2, 0.25) is 0 Å². The minimum atomic E-state index is 0.949. The number of benzene rings is 1. The Kier molecular flexibility index (Phi) is 2.44. The average Bonchev–Trinajstić information content (AvgIpc) is 3.00. The van der Waals surface area contributed by atoms with Crippen molar-refractivity contribution in [3.8, 4) is 11.4 Å². The molecule has 0 N–H and O–H groups in total. The maximum atomic E-state index is 3.90. The molecule has 0 aliphatic heterocycles. The third-order valence-electron chi connectivity index (χ3n) is 2.97. The Morgan fingerprint density at radius 1 is 0.944 bits per heavy atom. The molecule has 2 aromatic heterocycles. The molecule has 0 bridgehead atoms. The molecule has 0 saturated carbocycles. The van der Waals surface area contributed by atoms with Crippen molar-refractivity contribution in [2.24, 2.45) is 0 Å². The third-order valence-corrected chi connectivity index (χ3v) is 2.97. The van der Waals surface area contributed by atoms with Crippen molar-refractivity contribution < 1.29 is 0 Å². The van der Waals surface area contributed by atoms with Crippen LogP contribution in [0.3, 0.4) is 0 Å². The van der Waals surface area contributed by atoms with Gasteiger partial charge in [0.15, 0.2) is 0 Å². The molecule has 90 valence electrons. The first-order chi connectivity index (χ1) is 8.75. The van der Waals surface area contributed by atoms with Crippen molar-refractivity contribution in [1.82, 2.24) is 24.8 Å².